The van der Waals surface area contributed by atoms with E-state index in [4.69, 9.17) is 11.6 Å². The van der Waals surface area contributed by atoms with Gasteiger partial charge in [-0.15, -0.1) is 0 Å². The van der Waals surface area contributed by atoms with Crippen molar-refractivity contribution in [2.75, 3.05) is 5.32 Å². The quantitative estimate of drug-likeness (QED) is 0.711. The van der Waals surface area contributed by atoms with Crippen LogP contribution >= 0.6 is 11.6 Å². The summed E-state index contributed by atoms with van der Waals surface area (Å²) in [5.74, 6) is 1.14. The maximum atomic E-state index is 5.94. The van der Waals surface area contributed by atoms with Crippen molar-refractivity contribution in [2.45, 2.75) is 6.92 Å². The molecule has 92 valence electrons. The maximum Gasteiger partial charge on any atom is 0.255 e. The molecule has 0 saturated heterocycles. The second-order valence-corrected chi connectivity index (χ2v) is 4.25. The highest BCUT2D eigenvalue weighted by molar-refractivity contribution is 6.29. The number of fused-ring (bicyclic) bond motifs is 1. The van der Waals surface area contributed by atoms with Crippen LogP contribution in [0, 0.1) is 6.92 Å². The average Bonchev–Trinajstić information content (AvgIpc) is 2.86. The Kier molecular flexibility index (Phi) is 2.41. The standard InChI is InChI=1S/C10H10ClN7/c1-6-7(4-17(2)16-6)14-9-3-8(11)15-10-12-5-13-18(9)10/h3-5,14H,1-2H3. The molecule has 0 aliphatic carbocycles. The zero-order valence-corrected chi connectivity index (χ0v) is 10.5. The summed E-state index contributed by atoms with van der Waals surface area (Å²) in [4.78, 5) is 8.06. The minimum absolute atomic E-state index is 0.361. The SMILES string of the molecule is Cc1nn(C)cc1Nc1cc(Cl)nc2ncnn12. The predicted molar refractivity (Wildman–Crippen MR) is 67.0 cm³/mol. The van der Waals surface area contributed by atoms with Gasteiger partial charge in [0.25, 0.3) is 5.78 Å². The number of nitrogens with one attached hydrogen (secondary N) is 1. The molecule has 0 bridgehead atoms. The summed E-state index contributed by atoms with van der Waals surface area (Å²) in [6.07, 6.45) is 3.31. The highest BCUT2D eigenvalue weighted by atomic mass is 35.5. The number of rotatable bonds is 2. The van der Waals surface area contributed by atoms with Gasteiger partial charge in [0.15, 0.2) is 0 Å². The summed E-state index contributed by atoms with van der Waals surface area (Å²) in [5, 5.41) is 11.9. The largest absolute Gasteiger partial charge is 0.337 e. The van der Waals surface area contributed by atoms with Gasteiger partial charge < -0.3 is 5.32 Å². The van der Waals surface area contributed by atoms with Crippen LogP contribution in [0.2, 0.25) is 5.15 Å². The highest BCUT2D eigenvalue weighted by Gasteiger charge is 2.09. The fourth-order valence-electron chi connectivity index (χ4n) is 1.73. The summed E-state index contributed by atoms with van der Waals surface area (Å²) < 4.78 is 3.32. The van der Waals surface area contributed by atoms with Crippen LogP contribution < -0.4 is 5.32 Å². The van der Waals surface area contributed by atoms with Crippen LogP contribution in [0.3, 0.4) is 0 Å². The van der Waals surface area contributed by atoms with Gasteiger partial charge in [0.1, 0.15) is 17.3 Å². The molecule has 0 fully saturated rings. The molecule has 3 aromatic heterocycles. The summed E-state index contributed by atoms with van der Waals surface area (Å²) in [5.41, 5.74) is 1.77. The molecule has 3 aromatic rings. The van der Waals surface area contributed by atoms with Crippen LogP contribution in [0.1, 0.15) is 5.69 Å². The van der Waals surface area contributed by atoms with Crippen LogP contribution in [0.15, 0.2) is 18.6 Å². The molecule has 0 spiro atoms. The Morgan fingerprint density at radius 2 is 2.22 bits per heavy atom. The lowest BCUT2D eigenvalue weighted by Gasteiger charge is -2.06. The summed E-state index contributed by atoms with van der Waals surface area (Å²) in [6, 6.07) is 1.69. The Bertz CT molecular complexity index is 714. The third kappa shape index (κ3) is 1.78. The lowest BCUT2D eigenvalue weighted by atomic mass is 10.4. The van der Waals surface area contributed by atoms with Crippen molar-refractivity contribution in [3.63, 3.8) is 0 Å². The molecular formula is C10H10ClN7. The van der Waals surface area contributed by atoms with Crippen molar-refractivity contribution >= 4 is 28.9 Å². The Morgan fingerprint density at radius 3 is 2.94 bits per heavy atom. The normalized spacial score (nSPS) is 11.1. The molecule has 1 N–H and O–H groups in total. The van der Waals surface area contributed by atoms with Crippen LogP contribution in [0.5, 0.6) is 0 Å². The van der Waals surface area contributed by atoms with E-state index in [1.165, 1.54) is 6.33 Å². The fourth-order valence-corrected chi connectivity index (χ4v) is 1.91. The van der Waals surface area contributed by atoms with E-state index in [0.29, 0.717) is 16.7 Å². The molecule has 0 aliphatic heterocycles. The van der Waals surface area contributed by atoms with Gasteiger partial charge in [-0.25, -0.2) is 0 Å². The first-order valence-electron chi connectivity index (χ1n) is 5.27. The van der Waals surface area contributed by atoms with Crippen LogP contribution in [0.25, 0.3) is 5.78 Å². The van der Waals surface area contributed by atoms with Crippen molar-refractivity contribution in [3.8, 4) is 0 Å². The third-order valence-corrected chi connectivity index (χ3v) is 2.69. The molecule has 3 heterocycles. The summed E-state index contributed by atoms with van der Waals surface area (Å²) >= 11 is 5.94. The molecule has 7 nitrogen and oxygen atoms in total. The topological polar surface area (TPSA) is 72.9 Å². The summed E-state index contributed by atoms with van der Waals surface area (Å²) in [7, 11) is 1.86. The van der Waals surface area contributed by atoms with E-state index in [1.807, 2.05) is 20.2 Å². The van der Waals surface area contributed by atoms with Gasteiger partial charge in [-0.1, -0.05) is 11.6 Å². The monoisotopic (exact) mass is 263 g/mol. The molecule has 0 amide bonds. The number of aromatic nitrogens is 6. The first-order valence-corrected chi connectivity index (χ1v) is 5.65. The molecule has 0 radical (unpaired) electrons. The van der Waals surface area contributed by atoms with Crippen molar-refractivity contribution < 1.29 is 0 Å². The highest BCUT2D eigenvalue weighted by Crippen LogP contribution is 2.21. The van der Waals surface area contributed by atoms with Crippen molar-refractivity contribution in [3.05, 3.63) is 29.4 Å². The van der Waals surface area contributed by atoms with Crippen molar-refractivity contribution in [1.82, 2.24) is 29.4 Å². The van der Waals surface area contributed by atoms with Gasteiger partial charge in [0, 0.05) is 19.3 Å². The van der Waals surface area contributed by atoms with E-state index in [-0.39, 0.29) is 0 Å². The molecule has 8 heteroatoms. The van der Waals surface area contributed by atoms with Gasteiger partial charge in [-0.2, -0.15) is 24.7 Å². The van der Waals surface area contributed by atoms with E-state index in [0.717, 1.165) is 11.4 Å². The van der Waals surface area contributed by atoms with Gasteiger partial charge in [-0.3, -0.25) is 4.68 Å². The molecule has 0 aromatic carbocycles. The van der Waals surface area contributed by atoms with Crippen molar-refractivity contribution in [1.29, 1.82) is 0 Å². The number of hydrogen-bond acceptors (Lipinski definition) is 5. The first-order chi connectivity index (χ1) is 8.63. The zero-order chi connectivity index (χ0) is 12.7. The number of anilines is 2. The molecule has 3 rings (SSSR count). The molecule has 0 atom stereocenters. The van der Waals surface area contributed by atoms with Gasteiger partial charge in [-0.05, 0) is 6.92 Å². The van der Waals surface area contributed by atoms with E-state index in [2.05, 4.69) is 25.5 Å². The van der Waals surface area contributed by atoms with E-state index in [1.54, 1.807) is 15.3 Å². The third-order valence-electron chi connectivity index (χ3n) is 2.50. The molecule has 18 heavy (non-hydrogen) atoms. The minimum atomic E-state index is 0.361. The van der Waals surface area contributed by atoms with Crippen LogP contribution in [0.4, 0.5) is 11.5 Å². The predicted octanol–water partition coefficient (Wildman–Crippen LogP) is 1.56. The Labute approximate surface area is 107 Å². The Balaban J connectivity index is 2.09. The van der Waals surface area contributed by atoms with E-state index in [9.17, 15) is 0 Å². The van der Waals surface area contributed by atoms with E-state index < -0.39 is 0 Å². The zero-order valence-electron chi connectivity index (χ0n) is 9.79. The second kappa shape index (κ2) is 3.95. The fraction of sp³-hybridized carbons (Fsp3) is 0.200. The number of nitrogens with zero attached hydrogens (tertiary/aromatic N) is 6. The molecule has 0 unspecified atom stereocenters. The van der Waals surface area contributed by atoms with Gasteiger partial charge >= 0.3 is 0 Å². The van der Waals surface area contributed by atoms with E-state index >= 15 is 0 Å². The van der Waals surface area contributed by atoms with Crippen LogP contribution in [-0.2, 0) is 7.05 Å². The molecule has 0 aliphatic rings. The van der Waals surface area contributed by atoms with Gasteiger partial charge in [0.05, 0.1) is 11.4 Å². The lowest BCUT2D eigenvalue weighted by molar-refractivity contribution is 0.756. The van der Waals surface area contributed by atoms with Gasteiger partial charge in [0.2, 0.25) is 0 Å². The maximum absolute atomic E-state index is 5.94. The molecular weight excluding hydrogens is 254 g/mol. The lowest BCUT2D eigenvalue weighted by Crippen LogP contribution is -2.01. The Hall–Kier alpha value is -2.15. The Morgan fingerprint density at radius 1 is 1.39 bits per heavy atom. The molecule has 0 saturated carbocycles. The average molecular weight is 264 g/mol. The minimum Gasteiger partial charge on any atom is -0.337 e. The number of aryl methyl sites for hydroxylation is 2. The van der Waals surface area contributed by atoms with Crippen molar-refractivity contribution in [2.24, 2.45) is 7.05 Å². The summed E-state index contributed by atoms with van der Waals surface area (Å²) in [6.45, 7) is 1.92. The number of hydrogen-bond donors (Lipinski definition) is 1. The second-order valence-electron chi connectivity index (χ2n) is 3.86. The number of halogens is 1. The smallest absolute Gasteiger partial charge is 0.255 e. The first kappa shape index (κ1) is 11.0. The van der Waals surface area contributed by atoms with Crippen LogP contribution in [-0.4, -0.2) is 29.4 Å².